The maximum atomic E-state index is 12.6. The van der Waals surface area contributed by atoms with E-state index in [1.54, 1.807) is 28.1 Å². The van der Waals surface area contributed by atoms with E-state index in [9.17, 15) is 18.3 Å². The number of ether oxygens (including phenoxy) is 2. The number of aliphatic hydroxyl groups excluding tert-OH is 1. The molecule has 11 heteroatoms. The summed E-state index contributed by atoms with van der Waals surface area (Å²) in [7, 11) is -2.01. The monoisotopic (exact) mass is 524 g/mol. The number of sulfonamides is 1. The molecule has 0 fully saturated rings. The van der Waals surface area contributed by atoms with Gasteiger partial charge >= 0.3 is 6.09 Å². The van der Waals surface area contributed by atoms with Gasteiger partial charge in [-0.2, -0.15) is 0 Å². The lowest BCUT2D eigenvalue weighted by Gasteiger charge is -2.42. The van der Waals surface area contributed by atoms with Crippen molar-refractivity contribution in [1.82, 2.24) is 4.98 Å². The number of fused-ring (bicyclic) bond motifs is 2. The van der Waals surface area contributed by atoms with Gasteiger partial charge in [-0.15, -0.1) is 0 Å². The molecule has 0 saturated carbocycles. The molecule has 2 atom stereocenters. The molecule has 1 amide bonds. The number of methoxy groups -OCH3 is 1. The summed E-state index contributed by atoms with van der Waals surface area (Å²) in [6.45, 7) is 2.57. The zero-order chi connectivity index (χ0) is 26.3. The van der Waals surface area contributed by atoms with Gasteiger partial charge in [0.05, 0.1) is 42.7 Å². The van der Waals surface area contributed by atoms with Crippen LogP contribution in [0, 0.1) is 0 Å². The summed E-state index contributed by atoms with van der Waals surface area (Å²) in [4.78, 5) is 19.9. The quantitative estimate of drug-likeness (QED) is 0.507. The molecule has 194 valence electrons. The minimum atomic E-state index is -3.34. The standard InChI is InChI=1S/C26H28N4O6S/c1-17-16-28(25(31)36-21-5-4-11-27-15-21)24-14-19(7-9-23(24)30(17)26(32)35-2)18-6-8-22-20(13-18)10-12-29(22)37(3,33)34/h4-9,11,13-15,17,25,31H,10,12,16H2,1-3H3/t17-,25?/m0/s1. The molecular weight excluding hydrogens is 496 g/mol. The number of carbonyl (C=O) groups excluding carboxylic acids is 1. The van der Waals surface area contributed by atoms with Gasteiger partial charge in [0, 0.05) is 19.3 Å². The Hall–Kier alpha value is -3.83. The van der Waals surface area contributed by atoms with E-state index in [1.807, 2.05) is 43.3 Å². The van der Waals surface area contributed by atoms with Crippen LogP contribution in [0.3, 0.4) is 0 Å². The number of nitrogens with zero attached hydrogens (tertiary/aromatic N) is 4. The van der Waals surface area contributed by atoms with Crippen LogP contribution >= 0.6 is 0 Å². The Morgan fingerprint density at radius 1 is 1.11 bits per heavy atom. The van der Waals surface area contributed by atoms with Crippen molar-refractivity contribution in [3.8, 4) is 16.9 Å². The first kappa shape index (κ1) is 24.8. The number of benzene rings is 2. The highest BCUT2D eigenvalue weighted by Crippen LogP contribution is 2.41. The third-order valence-electron chi connectivity index (χ3n) is 6.63. The van der Waals surface area contributed by atoms with Crippen LogP contribution in [0.1, 0.15) is 12.5 Å². The molecule has 2 aliphatic rings. The number of carbonyl (C=O) groups is 1. The number of anilines is 3. The first-order valence-electron chi connectivity index (χ1n) is 11.8. The van der Waals surface area contributed by atoms with Crippen LogP contribution in [0.25, 0.3) is 11.1 Å². The number of aromatic nitrogens is 1. The van der Waals surface area contributed by atoms with E-state index in [2.05, 4.69) is 4.98 Å². The summed E-state index contributed by atoms with van der Waals surface area (Å²) in [5, 5.41) is 11.0. The lowest BCUT2D eigenvalue weighted by Crippen LogP contribution is -2.54. The minimum Gasteiger partial charge on any atom is -0.452 e. The summed E-state index contributed by atoms with van der Waals surface area (Å²) >= 11 is 0. The zero-order valence-corrected chi connectivity index (χ0v) is 21.6. The molecule has 2 aromatic carbocycles. The second-order valence-corrected chi connectivity index (χ2v) is 11.0. The van der Waals surface area contributed by atoms with Crippen LogP contribution in [0.2, 0.25) is 0 Å². The Morgan fingerprint density at radius 2 is 1.84 bits per heavy atom. The molecule has 0 aliphatic carbocycles. The van der Waals surface area contributed by atoms with Gasteiger partial charge in [-0.1, -0.05) is 12.1 Å². The number of hydrogen-bond acceptors (Lipinski definition) is 8. The SMILES string of the molecule is COC(=O)N1c2ccc(-c3ccc4c(c3)CCN4S(C)(=O)=O)cc2N(C(O)Oc2cccnc2)C[C@@H]1C. The highest BCUT2D eigenvalue weighted by atomic mass is 32.2. The average molecular weight is 525 g/mol. The molecule has 3 heterocycles. The third kappa shape index (κ3) is 4.67. The molecule has 0 radical (unpaired) electrons. The molecule has 1 N–H and O–H groups in total. The van der Waals surface area contributed by atoms with Crippen molar-refractivity contribution < 1.29 is 27.8 Å². The van der Waals surface area contributed by atoms with E-state index in [0.29, 0.717) is 42.3 Å². The first-order chi connectivity index (χ1) is 17.7. The Balaban J connectivity index is 1.54. The summed E-state index contributed by atoms with van der Waals surface area (Å²) in [5.41, 5.74) is 4.54. The molecule has 37 heavy (non-hydrogen) atoms. The molecule has 1 unspecified atom stereocenters. The van der Waals surface area contributed by atoms with Crippen molar-refractivity contribution in [3.63, 3.8) is 0 Å². The van der Waals surface area contributed by atoms with Gasteiger partial charge in [-0.3, -0.25) is 14.2 Å². The predicted octanol–water partition coefficient (Wildman–Crippen LogP) is 3.21. The molecule has 2 aliphatic heterocycles. The van der Waals surface area contributed by atoms with Crippen molar-refractivity contribution in [2.24, 2.45) is 0 Å². The van der Waals surface area contributed by atoms with E-state index in [4.69, 9.17) is 9.47 Å². The molecule has 10 nitrogen and oxygen atoms in total. The molecular formula is C26H28N4O6S. The van der Waals surface area contributed by atoms with Gasteiger partial charge in [-0.25, -0.2) is 13.2 Å². The molecule has 0 bridgehead atoms. The number of rotatable bonds is 5. The van der Waals surface area contributed by atoms with Gasteiger partial charge < -0.3 is 19.5 Å². The summed E-state index contributed by atoms with van der Waals surface area (Å²) in [5.74, 6) is 0.407. The van der Waals surface area contributed by atoms with Crippen molar-refractivity contribution in [2.75, 3.05) is 40.6 Å². The number of hydrogen-bond donors (Lipinski definition) is 1. The molecule has 0 spiro atoms. The Bertz CT molecular complexity index is 1430. The van der Waals surface area contributed by atoms with Crippen LogP contribution in [0.15, 0.2) is 60.9 Å². The number of aliphatic hydroxyl groups is 1. The molecule has 3 aromatic rings. The van der Waals surface area contributed by atoms with E-state index in [1.165, 1.54) is 23.9 Å². The van der Waals surface area contributed by atoms with Crippen molar-refractivity contribution in [2.45, 2.75) is 25.8 Å². The summed E-state index contributed by atoms with van der Waals surface area (Å²) < 4.78 is 36.4. The van der Waals surface area contributed by atoms with Gasteiger partial charge in [0.2, 0.25) is 10.0 Å². The highest BCUT2D eigenvalue weighted by molar-refractivity contribution is 7.92. The van der Waals surface area contributed by atoms with Crippen LogP contribution in [0.5, 0.6) is 5.75 Å². The Morgan fingerprint density at radius 3 is 2.51 bits per heavy atom. The van der Waals surface area contributed by atoms with E-state index in [0.717, 1.165) is 16.7 Å². The second-order valence-electron chi connectivity index (χ2n) is 9.11. The minimum absolute atomic E-state index is 0.292. The fourth-order valence-corrected chi connectivity index (χ4v) is 5.88. The zero-order valence-electron chi connectivity index (χ0n) is 20.7. The molecule has 1 aromatic heterocycles. The normalized spacial score (nSPS) is 17.7. The first-order valence-corrected chi connectivity index (χ1v) is 13.7. The third-order valence-corrected chi connectivity index (χ3v) is 7.81. The van der Waals surface area contributed by atoms with Gasteiger partial charge in [0.25, 0.3) is 6.41 Å². The van der Waals surface area contributed by atoms with Gasteiger partial charge in [0.1, 0.15) is 5.75 Å². The predicted molar refractivity (Wildman–Crippen MR) is 140 cm³/mol. The Labute approximate surface area is 215 Å². The van der Waals surface area contributed by atoms with Gasteiger partial charge in [-0.05, 0) is 66.4 Å². The number of amides is 1. The van der Waals surface area contributed by atoms with Gasteiger partial charge in [0.15, 0.2) is 0 Å². The average Bonchev–Trinajstić information content (AvgIpc) is 3.32. The highest BCUT2D eigenvalue weighted by Gasteiger charge is 2.36. The number of pyridine rings is 1. The largest absolute Gasteiger partial charge is 0.452 e. The second kappa shape index (κ2) is 9.56. The topological polar surface area (TPSA) is 113 Å². The molecule has 5 rings (SSSR count). The lowest BCUT2D eigenvalue weighted by molar-refractivity contribution is -0.0203. The van der Waals surface area contributed by atoms with E-state index < -0.39 is 22.5 Å². The fourth-order valence-electron chi connectivity index (χ4n) is 4.92. The van der Waals surface area contributed by atoms with Crippen LogP contribution in [0.4, 0.5) is 21.9 Å². The van der Waals surface area contributed by atoms with Crippen molar-refractivity contribution in [1.29, 1.82) is 0 Å². The maximum absolute atomic E-state index is 12.6. The fraction of sp³-hybridized carbons (Fsp3) is 0.308. The van der Waals surface area contributed by atoms with Crippen LogP contribution < -0.4 is 18.8 Å². The Kier molecular flexibility index (Phi) is 6.42. The maximum Gasteiger partial charge on any atom is 0.414 e. The molecule has 0 saturated heterocycles. The van der Waals surface area contributed by atoms with Crippen molar-refractivity contribution in [3.05, 3.63) is 66.5 Å². The lowest BCUT2D eigenvalue weighted by atomic mass is 9.99. The van der Waals surface area contributed by atoms with E-state index >= 15 is 0 Å². The summed E-state index contributed by atoms with van der Waals surface area (Å²) in [6.07, 6.45) is 3.13. The summed E-state index contributed by atoms with van der Waals surface area (Å²) in [6, 6.07) is 14.4. The van der Waals surface area contributed by atoms with Crippen LogP contribution in [-0.2, 0) is 21.2 Å². The van der Waals surface area contributed by atoms with Crippen molar-refractivity contribution >= 4 is 33.2 Å². The van der Waals surface area contributed by atoms with Crippen LogP contribution in [-0.4, -0.2) is 63.5 Å². The van der Waals surface area contributed by atoms with E-state index in [-0.39, 0.29) is 6.04 Å². The smallest absolute Gasteiger partial charge is 0.414 e.